The third-order valence-corrected chi connectivity index (χ3v) is 3.43. The van der Waals surface area contributed by atoms with Crippen LogP contribution in [0.5, 0.6) is 5.75 Å². The third-order valence-electron chi connectivity index (χ3n) is 3.13. The zero-order valence-corrected chi connectivity index (χ0v) is 12.4. The third kappa shape index (κ3) is 3.61. The number of carbonyl (C=O) groups excluding carboxylic acids is 1. The van der Waals surface area contributed by atoms with Crippen molar-refractivity contribution in [3.05, 3.63) is 64.2 Å². The van der Waals surface area contributed by atoms with Crippen LogP contribution >= 0.6 is 11.6 Å². The quantitative estimate of drug-likeness (QED) is 0.759. The van der Waals surface area contributed by atoms with Gasteiger partial charge in [-0.25, -0.2) is 0 Å². The molecule has 2 rings (SSSR count). The van der Waals surface area contributed by atoms with Crippen molar-refractivity contribution in [1.29, 1.82) is 0 Å². The zero-order valence-electron chi connectivity index (χ0n) is 11.7. The molecule has 0 atom stereocenters. The molecule has 2 nitrogen and oxygen atoms in total. The summed E-state index contributed by atoms with van der Waals surface area (Å²) in [4.78, 5) is 12.0. The second-order valence-corrected chi connectivity index (χ2v) is 5.10. The number of hydrogen-bond acceptors (Lipinski definition) is 2. The number of ketones is 1. The second-order valence-electron chi connectivity index (χ2n) is 4.70. The first-order chi connectivity index (χ1) is 9.60. The van der Waals surface area contributed by atoms with Gasteiger partial charge in [-0.05, 0) is 36.6 Å². The van der Waals surface area contributed by atoms with E-state index >= 15 is 0 Å². The van der Waals surface area contributed by atoms with Gasteiger partial charge < -0.3 is 4.74 Å². The van der Waals surface area contributed by atoms with Gasteiger partial charge in [-0.3, -0.25) is 4.79 Å². The van der Waals surface area contributed by atoms with Gasteiger partial charge in [0, 0.05) is 5.56 Å². The molecule has 0 aliphatic heterocycles. The highest BCUT2D eigenvalue weighted by Gasteiger charge is 2.08. The van der Waals surface area contributed by atoms with E-state index in [9.17, 15) is 4.79 Å². The van der Waals surface area contributed by atoms with Gasteiger partial charge in [0.05, 0.1) is 5.02 Å². The molecule has 3 heteroatoms. The van der Waals surface area contributed by atoms with Gasteiger partial charge in [0.2, 0.25) is 0 Å². The summed E-state index contributed by atoms with van der Waals surface area (Å²) in [5.74, 6) is 0.486. The number of benzene rings is 2. The van der Waals surface area contributed by atoms with E-state index in [1.807, 2.05) is 43.3 Å². The van der Waals surface area contributed by atoms with E-state index in [1.165, 1.54) is 5.56 Å². The SMILES string of the molecule is CCc1ccc(C(=O)COc2ccc(C)cc2Cl)cc1. The number of carbonyl (C=O) groups is 1. The summed E-state index contributed by atoms with van der Waals surface area (Å²) >= 11 is 6.06. The van der Waals surface area contributed by atoms with Crippen LogP contribution in [0.25, 0.3) is 0 Å². The molecule has 2 aromatic rings. The Morgan fingerprint density at radius 3 is 2.45 bits per heavy atom. The van der Waals surface area contributed by atoms with Gasteiger partial charge in [-0.15, -0.1) is 0 Å². The van der Waals surface area contributed by atoms with Crippen molar-refractivity contribution >= 4 is 17.4 Å². The lowest BCUT2D eigenvalue weighted by atomic mass is 10.1. The van der Waals surface area contributed by atoms with Crippen LogP contribution in [-0.2, 0) is 6.42 Å². The number of Topliss-reactive ketones (excluding diaryl/α,β-unsaturated/α-hetero) is 1. The normalized spacial score (nSPS) is 10.3. The highest BCUT2D eigenvalue weighted by molar-refractivity contribution is 6.32. The smallest absolute Gasteiger partial charge is 0.200 e. The van der Waals surface area contributed by atoms with Crippen LogP contribution in [0.1, 0.15) is 28.4 Å². The summed E-state index contributed by atoms with van der Waals surface area (Å²) in [5, 5.41) is 0.527. The van der Waals surface area contributed by atoms with Crippen LogP contribution < -0.4 is 4.74 Å². The molecule has 0 radical (unpaired) electrons. The number of halogens is 1. The number of rotatable bonds is 5. The zero-order chi connectivity index (χ0) is 14.5. The fourth-order valence-electron chi connectivity index (χ4n) is 1.88. The molecule has 20 heavy (non-hydrogen) atoms. The topological polar surface area (TPSA) is 26.3 Å². The van der Waals surface area contributed by atoms with Crippen molar-refractivity contribution in [1.82, 2.24) is 0 Å². The molecule has 0 saturated carbocycles. The standard InChI is InChI=1S/C17H17ClO2/c1-3-13-5-7-14(8-6-13)16(19)11-20-17-9-4-12(2)10-15(17)18/h4-10H,3,11H2,1-2H3. The van der Waals surface area contributed by atoms with Gasteiger partial charge in [-0.1, -0.05) is 48.9 Å². The van der Waals surface area contributed by atoms with Gasteiger partial charge in [0.1, 0.15) is 5.75 Å². The van der Waals surface area contributed by atoms with Crippen molar-refractivity contribution in [3.63, 3.8) is 0 Å². The Kier molecular flexibility index (Phi) is 4.80. The van der Waals surface area contributed by atoms with Gasteiger partial charge in [-0.2, -0.15) is 0 Å². The molecule has 2 aromatic carbocycles. The van der Waals surface area contributed by atoms with Crippen LogP contribution in [0.2, 0.25) is 5.02 Å². The van der Waals surface area contributed by atoms with Crippen molar-refractivity contribution in [2.75, 3.05) is 6.61 Å². The van der Waals surface area contributed by atoms with Crippen LogP contribution in [-0.4, -0.2) is 12.4 Å². The summed E-state index contributed by atoms with van der Waals surface area (Å²) in [5.41, 5.74) is 2.93. The molecule has 0 bridgehead atoms. The number of ether oxygens (including phenoxy) is 1. The number of hydrogen-bond donors (Lipinski definition) is 0. The minimum absolute atomic E-state index is 0.00570. The first-order valence-corrected chi connectivity index (χ1v) is 6.99. The predicted molar refractivity (Wildman–Crippen MR) is 81.8 cm³/mol. The lowest BCUT2D eigenvalue weighted by Gasteiger charge is -2.08. The van der Waals surface area contributed by atoms with Crippen LogP contribution in [0, 0.1) is 6.92 Å². The highest BCUT2D eigenvalue weighted by Crippen LogP contribution is 2.25. The maximum Gasteiger partial charge on any atom is 0.200 e. The van der Waals surface area contributed by atoms with E-state index in [4.69, 9.17) is 16.3 Å². The maximum absolute atomic E-state index is 12.0. The lowest BCUT2D eigenvalue weighted by molar-refractivity contribution is 0.0921. The predicted octanol–water partition coefficient (Wildman–Crippen LogP) is 4.47. The maximum atomic E-state index is 12.0. The molecular weight excluding hydrogens is 272 g/mol. The molecule has 0 aliphatic rings. The van der Waals surface area contributed by atoms with E-state index in [1.54, 1.807) is 6.07 Å². The summed E-state index contributed by atoms with van der Waals surface area (Å²) in [6.07, 6.45) is 0.962. The fourth-order valence-corrected chi connectivity index (χ4v) is 2.17. The van der Waals surface area contributed by atoms with E-state index in [-0.39, 0.29) is 12.4 Å². The Balaban J connectivity index is 2.00. The highest BCUT2D eigenvalue weighted by atomic mass is 35.5. The molecule has 0 aromatic heterocycles. The van der Waals surface area contributed by atoms with Crippen molar-refractivity contribution < 1.29 is 9.53 Å². The largest absolute Gasteiger partial charge is 0.484 e. The lowest BCUT2D eigenvalue weighted by Crippen LogP contribution is -2.11. The van der Waals surface area contributed by atoms with Crippen LogP contribution in [0.4, 0.5) is 0 Å². The van der Waals surface area contributed by atoms with Crippen molar-refractivity contribution in [2.24, 2.45) is 0 Å². The summed E-state index contributed by atoms with van der Waals surface area (Å²) in [6.45, 7) is 4.03. The second kappa shape index (κ2) is 6.58. The molecule has 0 saturated heterocycles. The van der Waals surface area contributed by atoms with Crippen molar-refractivity contribution in [3.8, 4) is 5.75 Å². The first kappa shape index (κ1) is 14.6. The molecule has 0 aliphatic carbocycles. The fraction of sp³-hybridized carbons (Fsp3) is 0.235. The molecule has 0 spiro atoms. The van der Waals surface area contributed by atoms with Gasteiger partial charge >= 0.3 is 0 Å². The summed E-state index contributed by atoms with van der Waals surface area (Å²) in [6, 6.07) is 13.1. The Morgan fingerprint density at radius 1 is 1.15 bits per heavy atom. The molecule has 104 valence electrons. The molecule has 0 fully saturated rings. The Bertz CT molecular complexity index is 603. The van der Waals surface area contributed by atoms with Crippen molar-refractivity contribution in [2.45, 2.75) is 20.3 Å². The monoisotopic (exact) mass is 288 g/mol. The Hall–Kier alpha value is -1.80. The van der Waals surface area contributed by atoms with Gasteiger partial charge in [0.15, 0.2) is 12.4 Å². The minimum atomic E-state index is -0.0516. The Morgan fingerprint density at radius 2 is 1.85 bits per heavy atom. The number of aryl methyl sites for hydroxylation is 2. The van der Waals surface area contributed by atoms with Gasteiger partial charge in [0.25, 0.3) is 0 Å². The molecular formula is C17H17ClO2. The average molecular weight is 289 g/mol. The van der Waals surface area contributed by atoms with Crippen LogP contribution in [0.3, 0.4) is 0 Å². The Labute approximate surface area is 124 Å². The van der Waals surface area contributed by atoms with Crippen LogP contribution in [0.15, 0.2) is 42.5 Å². The molecule has 0 heterocycles. The first-order valence-electron chi connectivity index (χ1n) is 6.61. The van der Waals surface area contributed by atoms with E-state index < -0.39 is 0 Å². The van der Waals surface area contributed by atoms with E-state index in [0.29, 0.717) is 16.3 Å². The molecule has 0 amide bonds. The van der Waals surface area contributed by atoms with E-state index in [2.05, 4.69) is 6.92 Å². The average Bonchev–Trinajstić information content (AvgIpc) is 2.46. The summed E-state index contributed by atoms with van der Waals surface area (Å²) < 4.78 is 5.48. The summed E-state index contributed by atoms with van der Waals surface area (Å²) in [7, 11) is 0. The molecule has 0 N–H and O–H groups in total. The molecule has 0 unspecified atom stereocenters. The van der Waals surface area contributed by atoms with E-state index in [0.717, 1.165) is 12.0 Å². The minimum Gasteiger partial charge on any atom is -0.484 e.